The molecule has 3 aromatic rings. The van der Waals surface area contributed by atoms with E-state index >= 15 is 0 Å². The summed E-state index contributed by atoms with van der Waals surface area (Å²) in [4.78, 5) is 36.2. The largest absolute Gasteiger partial charge is 0.382 e. The first-order chi connectivity index (χ1) is 18.5. The average molecular weight is 531 g/mol. The lowest BCUT2D eigenvalue weighted by Gasteiger charge is -2.45. The first-order valence-electron chi connectivity index (χ1n) is 12.9. The van der Waals surface area contributed by atoms with E-state index in [-0.39, 0.29) is 23.1 Å². The molecule has 0 radical (unpaired) electrons. The Morgan fingerprint density at radius 2 is 2.00 bits per heavy atom. The van der Waals surface area contributed by atoms with Crippen molar-refractivity contribution in [3.05, 3.63) is 48.4 Å². The zero-order valence-corrected chi connectivity index (χ0v) is 22.7. The van der Waals surface area contributed by atoms with E-state index in [1.807, 2.05) is 41.2 Å². The van der Waals surface area contributed by atoms with Gasteiger partial charge in [0, 0.05) is 59.7 Å². The molecule has 2 aromatic heterocycles. The van der Waals surface area contributed by atoms with Gasteiger partial charge >= 0.3 is 0 Å². The molecule has 0 bridgehead atoms. The highest BCUT2D eigenvalue weighted by Crippen LogP contribution is 2.34. The van der Waals surface area contributed by atoms with Crippen molar-refractivity contribution in [2.45, 2.75) is 39.8 Å². The number of anilines is 1. The van der Waals surface area contributed by atoms with Crippen LogP contribution in [-0.2, 0) is 20.9 Å². The molecule has 204 valence electrons. The number of hydrogen-bond donors (Lipinski definition) is 3. The van der Waals surface area contributed by atoms with Gasteiger partial charge in [0.05, 0.1) is 31.6 Å². The predicted molar refractivity (Wildman–Crippen MR) is 150 cm³/mol. The van der Waals surface area contributed by atoms with Crippen molar-refractivity contribution in [1.29, 1.82) is 5.41 Å². The van der Waals surface area contributed by atoms with E-state index in [2.05, 4.69) is 22.0 Å². The number of benzene rings is 1. The molecule has 0 atom stereocenters. The fraction of sp³-hybridized carbons (Fsp3) is 0.393. The number of carbonyl (C=O) groups excluding carboxylic acids is 2. The molecule has 2 amide bonds. The zero-order chi connectivity index (χ0) is 27.9. The van der Waals surface area contributed by atoms with Gasteiger partial charge < -0.3 is 25.3 Å². The highest BCUT2D eigenvalue weighted by Gasteiger charge is 2.43. The summed E-state index contributed by atoms with van der Waals surface area (Å²) in [6.45, 7) is 10.3. The van der Waals surface area contributed by atoms with Gasteiger partial charge in [-0.2, -0.15) is 5.10 Å². The Morgan fingerprint density at radius 3 is 2.67 bits per heavy atom. The number of nitrogens with zero attached hydrogens (tertiary/aromatic N) is 5. The molecule has 4 N–H and O–H groups in total. The minimum absolute atomic E-state index is 0.0679. The average Bonchev–Trinajstić information content (AvgIpc) is 3.52. The zero-order valence-electron chi connectivity index (χ0n) is 22.7. The van der Waals surface area contributed by atoms with Crippen LogP contribution in [0.4, 0.5) is 5.69 Å². The number of rotatable bonds is 7. The standard InChI is InChI=1S/C28H34N8O3/c1-18(37)36-9-8-35(26(38)27(36,2)3)21-7-5-6-19(10-21)23-11-22(24(33-23)25(30)31-17-29)20-12-32-34(13-20)14-28(4)15-39-16-28/h5-7,10-13,17,33H,8-9,14-16H2,1-4H3,(H3,29,30,31). The van der Waals surface area contributed by atoms with Crippen LogP contribution in [0.5, 0.6) is 0 Å². The third-order valence-electron chi connectivity index (χ3n) is 7.51. The Morgan fingerprint density at radius 1 is 1.23 bits per heavy atom. The smallest absolute Gasteiger partial charge is 0.252 e. The number of H-pyrrole nitrogens is 1. The number of amidine groups is 1. The molecule has 2 fully saturated rings. The van der Waals surface area contributed by atoms with Gasteiger partial charge in [-0.3, -0.25) is 19.7 Å². The van der Waals surface area contributed by atoms with Crippen molar-refractivity contribution >= 4 is 29.7 Å². The highest BCUT2D eigenvalue weighted by molar-refractivity contribution is 6.06. The number of nitrogens with two attached hydrogens (primary N) is 1. The van der Waals surface area contributed by atoms with Gasteiger partial charge in [-0.05, 0) is 32.0 Å². The predicted octanol–water partition coefficient (Wildman–Crippen LogP) is 2.87. The minimum Gasteiger partial charge on any atom is -0.382 e. The second-order valence-electron chi connectivity index (χ2n) is 11.1. The van der Waals surface area contributed by atoms with Gasteiger partial charge in [0.1, 0.15) is 17.7 Å². The monoisotopic (exact) mass is 530 g/mol. The van der Waals surface area contributed by atoms with Crippen LogP contribution in [0, 0.1) is 10.8 Å². The van der Waals surface area contributed by atoms with Crippen LogP contribution in [0.15, 0.2) is 47.7 Å². The fourth-order valence-corrected chi connectivity index (χ4v) is 5.36. The number of carbonyl (C=O) groups is 2. The van der Waals surface area contributed by atoms with Crippen molar-refractivity contribution in [3.8, 4) is 22.4 Å². The first-order valence-corrected chi connectivity index (χ1v) is 12.9. The number of aromatic nitrogens is 3. The van der Waals surface area contributed by atoms with E-state index in [4.69, 9.17) is 15.9 Å². The summed E-state index contributed by atoms with van der Waals surface area (Å²) in [5.74, 6) is -0.0584. The summed E-state index contributed by atoms with van der Waals surface area (Å²) >= 11 is 0. The van der Waals surface area contributed by atoms with Crippen LogP contribution < -0.4 is 10.6 Å². The van der Waals surface area contributed by atoms with Crippen molar-refractivity contribution in [2.75, 3.05) is 31.2 Å². The summed E-state index contributed by atoms with van der Waals surface area (Å²) in [5.41, 5.74) is 10.0. The molecular formula is C28H34N8O3. The van der Waals surface area contributed by atoms with Crippen molar-refractivity contribution in [2.24, 2.45) is 16.1 Å². The summed E-state index contributed by atoms with van der Waals surface area (Å²) in [6, 6.07) is 9.68. The van der Waals surface area contributed by atoms with Gasteiger partial charge in [0.2, 0.25) is 5.91 Å². The van der Waals surface area contributed by atoms with E-state index in [0.717, 1.165) is 41.0 Å². The van der Waals surface area contributed by atoms with Gasteiger partial charge in [0.15, 0.2) is 0 Å². The summed E-state index contributed by atoms with van der Waals surface area (Å²) in [7, 11) is 0. The molecule has 1 aromatic carbocycles. The number of aliphatic imine (C=N–C) groups is 1. The lowest BCUT2D eigenvalue weighted by Crippen LogP contribution is -2.64. The maximum absolute atomic E-state index is 13.4. The molecule has 0 spiro atoms. The lowest BCUT2D eigenvalue weighted by molar-refractivity contribution is -0.145. The molecule has 2 aliphatic rings. The number of piperazine rings is 1. The summed E-state index contributed by atoms with van der Waals surface area (Å²) in [6.07, 6.45) is 4.68. The topological polar surface area (TPSA) is 146 Å². The molecule has 4 heterocycles. The molecule has 2 aliphatic heterocycles. The van der Waals surface area contributed by atoms with Crippen molar-refractivity contribution < 1.29 is 14.3 Å². The quantitative estimate of drug-likeness (QED) is 0.318. The molecule has 11 nitrogen and oxygen atoms in total. The minimum atomic E-state index is -0.937. The van der Waals surface area contributed by atoms with Crippen LogP contribution in [0.3, 0.4) is 0 Å². The summed E-state index contributed by atoms with van der Waals surface area (Å²) < 4.78 is 7.29. The molecule has 5 rings (SSSR count). The van der Waals surface area contributed by atoms with Crippen LogP contribution in [-0.4, -0.2) is 75.5 Å². The van der Waals surface area contributed by atoms with Gasteiger partial charge in [-0.1, -0.05) is 19.1 Å². The Labute approximate surface area is 227 Å². The van der Waals surface area contributed by atoms with E-state index in [9.17, 15) is 9.59 Å². The van der Waals surface area contributed by atoms with E-state index in [1.54, 1.807) is 29.8 Å². The van der Waals surface area contributed by atoms with E-state index in [1.165, 1.54) is 6.92 Å². The number of aromatic amines is 1. The normalized spacial score (nSPS) is 18.7. The molecular weight excluding hydrogens is 496 g/mol. The number of hydrogen-bond acceptors (Lipinski definition) is 5. The Hall–Kier alpha value is -4.25. The van der Waals surface area contributed by atoms with Crippen LogP contribution >= 0.6 is 0 Å². The van der Waals surface area contributed by atoms with Crippen LogP contribution in [0.2, 0.25) is 0 Å². The molecule has 0 unspecified atom stereocenters. The van der Waals surface area contributed by atoms with Crippen LogP contribution in [0.25, 0.3) is 22.4 Å². The molecule has 0 aliphatic carbocycles. The van der Waals surface area contributed by atoms with Gasteiger partial charge in [-0.15, -0.1) is 0 Å². The third kappa shape index (κ3) is 4.85. The number of nitrogens with one attached hydrogen (secondary N) is 2. The van der Waals surface area contributed by atoms with E-state index in [0.29, 0.717) is 32.0 Å². The number of amides is 2. The SMILES string of the molecule is CC(=O)N1CCN(c2cccc(-c3cc(-c4cnn(CC5(C)COC5)c4)c(C(N)=NC=N)[nH]3)c2)C(=O)C1(C)C. The van der Waals surface area contributed by atoms with Gasteiger partial charge in [-0.25, -0.2) is 4.99 Å². The third-order valence-corrected chi connectivity index (χ3v) is 7.51. The summed E-state index contributed by atoms with van der Waals surface area (Å²) in [5, 5.41) is 11.9. The Balaban J connectivity index is 1.48. The van der Waals surface area contributed by atoms with Crippen molar-refractivity contribution in [1.82, 2.24) is 19.7 Å². The molecule has 0 saturated carbocycles. The van der Waals surface area contributed by atoms with Gasteiger partial charge in [0.25, 0.3) is 5.91 Å². The Bertz CT molecular complexity index is 1460. The lowest BCUT2D eigenvalue weighted by atomic mass is 9.89. The number of ether oxygens (including phenoxy) is 1. The van der Waals surface area contributed by atoms with E-state index < -0.39 is 5.54 Å². The van der Waals surface area contributed by atoms with Crippen LogP contribution in [0.1, 0.15) is 33.4 Å². The first kappa shape index (κ1) is 26.4. The highest BCUT2D eigenvalue weighted by atomic mass is 16.5. The van der Waals surface area contributed by atoms with Crippen molar-refractivity contribution in [3.63, 3.8) is 0 Å². The second kappa shape index (κ2) is 9.81. The molecule has 39 heavy (non-hydrogen) atoms. The fourth-order valence-electron chi connectivity index (χ4n) is 5.36. The molecule has 2 saturated heterocycles. The second-order valence-corrected chi connectivity index (χ2v) is 11.1. The maximum Gasteiger partial charge on any atom is 0.252 e. The maximum atomic E-state index is 13.4. The molecule has 11 heteroatoms. The Kier molecular flexibility index (Phi) is 6.63.